The molecule has 6 nitrogen and oxygen atoms in total. The van der Waals surface area contributed by atoms with E-state index in [9.17, 15) is 0 Å². The van der Waals surface area contributed by atoms with Crippen LogP contribution in [0, 0.1) is 0 Å². The third kappa shape index (κ3) is 3.12. The fraction of sp³-hybridized carbons (Fsp3) is 0.800. The first-order valence-electron chi connectivity index (χ1n) is 5.95. The molecule has 0 bridgehead atoms. The number of hydrogen-bond acceptors (Lipinski definition) is 7. The van der Waals surface area contributed by atoms with Crippen molar-refractivity contribution in [1.82, 2.24) is 19.4 Å². The number of nitrogens with two attached hydrogens (primary N) is 1. The highest BCUT2D eigenvalue weighted by atomic mass is 32.1. The Balaban J connectivity index is 1.86. The van der Waals surface area contributed by atoms with Crippen molar-refractivity contribution in [3.63, 3.8) is 0 Å². The smallest absolute Gasteiger partial charge is 0.148 e. The lowest BCUT2D eigenvalue weighted by atomic mass is 10.2. The van der Waals surface area contributed by atoms with Crippen molar-refractivity contribution in [2.75, 3.05) is 31.6 Å². The molecule has 0 atom stereocenters. The van der Waals surface area contributed by atoms with E-state index in [1.54, 1.807) is 0 Å². The molecule has 17 heavy (non-hydrogen) atoms. The molecule has 1 fully saturated rings. The highest BCUT2D eigenvalue weighted by Gasteiger charge is 2.20. The molecule has 2 heterocycles. The van der Waals surface area contributed by atoms with Gasteiger partial charge in [-0.2, -0.15) is 0 Å². The van der Waals surface area contributed by atoms with Crippen LogP contribution in [0.1, 0.15) is 19.5 Å². The zero-order valence-corrected chi connectivity index (χ0v) is 11.2. The van der Waals surface area contributed by atoms with Gasteiger partial charge in [-0.05, 0) is 13.8 Å². The molecule has 1 aliphatic rings. The number of aromatic nitrogens is 2. The summed E-state index contributed by atoms with van der Waals surface area (Å²) in [6.45, 7) is 9.75. The first kappa shape index (κ1) is 12.7. The Bertz CT molecular complexity index is 344. The second-order valence-electron chi connectivity index (χ2n) is 4.60. The molecule has 0 saturated carbocycles. The summed E-state index contributed by atoms with van der Waals surface area (Å²) < 4.78 is 3.91. The molecule has 3 N–H and O–H groups in total. The van der Waals surface area contributed by atoms with Crippen LogP contribution in [-0.4, -0.2) is 51.6 Å². The van der Waals surface area contributed by atoms with Crippen molar-refractivity contribution in [2.24, 2.45) is 5.84 Å². The lowest BCUT2D eigenvalue weighted by Gasteiger charge is -2.36. The zero-order valence-electron chi connectivity index (χ0n) is 10.4. The molecule has 2 rings (SSSR count). The SMILES string of the molecule is CC(C)N1CCN(Cc2nnsc2NN)CC1. The monoisotopic (exact) mass is 256 g/mol. The van der Waals surface area contributed by atoms with E-state index in [1.807, 2.05) is 0 Å². The summed E-state index contributed by atoms with van der Waals surface area (Å²) in [5.41, 5.74) is 3.60. The van der Waals surface area contributed by atoms with E-state index in [2.05, 4.69) is 38.7 Å². The van der Waals surface area contributed by atoms with Gasteiger partial charge < -0.3 is 5.43 Å². The maximum absolute atomic E-state index is 5.42. The van der Waals surface area contributed by atoms with Gasteiger partial charge in [-0.25, -0.2) is 5.84 Å². The number of piperazine rings is 1. The minimum absolute atomic E-state index is 0.638. The second kappa shape index (κ2) is 5.72. The Labute approximate surface area is 106 Å². The Morgan fingerprint density at radius 3 is 2.65 bits per heavy atom. The van der Waals surface area contributed by atoms with Crippen molar-refractivity contribution in [1.29, 1.82) is 0 Å². The number of hydrazine groups is 1. The number of nitrogen functional groups attached to an aromatic ring is 1. The minimum Gasteiger partial charge on any atom is -0.313 e. The van der Waals surface area contributed by atoms with Crippen molar-refractivity contribution in [3.05, 3.63) is 5.69 Å². The third-order valence-corrected chi connectivity index (χ3v) is 3.90. The molecule has 0 aliphatic carbocycles. The van der Waals surface area contributed by atoms with Crippen LogP contribution in [-0.2, 0) is 6.54 Å². The van der Waals surface area contributed by atoms with E-state index in [4.69, 9.17) is 5.84 Å². The number of nitrogens with zero attached hydrogens (tertiary/aromatic N) is 4. The summed E-state index contributed by atoms with van der Waals surface area (Å²) in [5.74, 6) is 5.42. The number of nitrogens with one attached hydrogen (secondary N) is 1. The van der Waals surface area contributed by atoms with Crippen molar-refractivity contribution in [2.45, 2.75) is 26.4 Å². The lowest BCUT2D eigenvalue weighted by Crippen LogP contribution is -2.48. The van der Waals surface area contributed by atoms with Crippen LogP contribution in [0.15, 0.2) is 0 Å². The maximum atomic E-state index is 5.42. The molecule has 0 amide bonds. The van der Waals surface area contributed by atoms with Crippen LogP contribution in [0.5, 0.6) is 0 Å². The fourth-order valence-electron chi connectivity index (χ4n) is 2.07. The van der Waals surface area contributed by atoms with E-state index in [0.29, 0.717) is 6.04 Å². The maximum Gasteiger partial charge on any atom is 0.148 e. The molecule has 1 aromatic rings. The average Bonchev–Trinajstić information content (AvgIpc) is 2.77. The Kier molecular flexibility index (Phi) is 4.27. The van der Waals surface area contributed by atoms with Crippen LogP contribution < -0.4 is 11.3 Å². The van der Waals surface area contributed by atoms with E-state index >= 15 is 0 Å². The van der Waals surface area contributed by atoms with Gasteiger partial charge >= 0.3 is 0 Å². The van der Waals surface area contributed by atoms with Crippen LogP contribution in [0.3, 0.4) is 0 Å². The highest BCUT2D eigenvalue weighted by Crippen LogP contribution is 2.18. The normalized spacial score (nSPS) is 18.8. The quantitative estimate of drug-likeness (QED) is 0.598. The number of rotatable bonds is 4. The molecule has 1 aliphatic heterocycles. The van der Waals surface area contributed by atoms with E-state index in [-0.39, 0.29) is 0 Å². The topological polar surface area (TPSA) is 70.3 Å². The van der Waals surface area contributed by atoms with Crippen molar-refractivity contribution in [3.8, 4) is 0 Å². The molecule has 0 spiro atoms. The lowest BCUT2D eigenvalue weighted by molar-refractivity contribution is 0.103. The van der Waals surface area contributed by atoms with E-state index in [0.717, 1.165) is 43.4 Å². The first-order valence-corrected chi connectivity index (χ1v) is 6.72. The molecule has 7 heteroatoms. The van der Waals surface area contributed by atoms with E-state index < -0.39 is 0 Å². The molecular formula is C10H20N6S. The molecule has 1 saturated heterocycles. The summed E-state index contributed by atoms with van der Waals surface area (Å²) in [6.07, 6.45) is 0. The first-order chi connectivity index (χ1) is 8.20. The van der Waals surface area contributed by atoms with Gasteiger partial charge in [-0.3, -0.25) is 9.80 Å². The fourth-order valence-corrected chi connectivity index (χ4v) is 2.56. The second-order valence-corrected chi connectivity index (χ2v) is 5.35. The Hall–Kier alpha value is -0.760. The summed E-state index contributed by atoms with van der Waals surface area (Å²) in [5, 5.41) is 4.98. The summed E-state index contributed by atoms with van der Waals surface area (Å²) >= 11 is 1.31. The summed E-state index contributed by atoms with van der Waals surface area (Å²) in [6, 6.07) is 0.638. The largest absolute Gasteiger partial charge is 0.313 e. The van der Waals surface area contributed by atoms with Gasteiger partial charge in [0.05, 0.1) is 0 Å². The molecule has 1 aromatic heterocycles. The van der Waals surface area contributed by atoms with Gasteiger partial charge in [-0.1, -0.05) is 4.49 Å². The highest BCUT2D eigenvalue weighted by molar-refractivity contribution is 7.10. The molecule has 0 unspecified atom stereocenters. The van der Waals surface area contributed by atoms with Crippen LogP contribution >= 0.6 is 11.5 Å². The molecule has 96 valence electrons. The van der Waals surface area contributed by atoms with Gasteiger partial charge in [0.15, 0.2) is 0 Å². The summed E-state index contributed by atoms with van der Waals surface area (Å²) in [7, 11) is 0. The molecular weight excluding hydrogens is 236 g/mol. The summed E-state index contributed by atoms with van der Waals surface area (Å²) in [4.78, 5) is 4.90. The third-order valence-electron chi connectivity index (χ3n) is 3.20. The van der Waals surface area contributed by atoms with Gasteiger partial charge in [0.25, 0.3) is 0 Å². The Morgan fingerprint density at radius 1 is 1.35 bits per heavy atom. The minimum atomic E-state index is 0.638. The molecule has 0 aromatic carbocycles. The van der Waals surface area contributed by atoms with Crippen LogP contribution in [0.25, 0.3) is 0 Å². The van der Waals surface area contributed by atoms with Crippen LogP contribution in [0.4, 0.5) is 5.00 Å². The molecule has 0 radical (unpaired) electrons. The average molecular weight is 256 g/mol. The predicted molar refractivity (Wildman–Crippen MR) is 69.7 cm³/mol. The zero-order chi connectivity index (χ0) is 12.3. The Morgan fingerprint density at radius 2 is 2.06 bits per heavy atom. The van der Waals surface area contributed by atoms with Gasteiger partial charge in [0.1, 0.15) is 10.7 Å². The van der Waals surface area contributed by atoms with Gasteiger partial charge in [0, 0.05) is 50.3 Å². The standard InChI is InChI=1S/C10H20N6S/c1-8(2)16-5-3-15(4-6-16)7-9-10(12-11)17-14-13-9/h8,12H,3-7,11H2,1-2H3. The van der Waals surface area contributed by atoms with Crippen LogP contribution in [0.2, 0.25) is 0 Å². The van der Waals surface area contributed by atoms with Gasteiger partial charge in [-0.15, -0.1) is 5.10 Å². The van der Waals surface area contributed by atoms with E-state index in [1.165, 1.54) is 11.5 Å². The number of anilines is 1. The van der Waals surface area contributed by atoms with Crippen molar-refractivity contribution >= 4 is 16.5 Å². The predicted octanol–water partition coefficient (Wildman–Crippen LogP) is 0.350. The van der Waals surface area contributed by atoms with Gasteiger partial charge in [0.2, 0.25) is 0 Å². The van der Waals surface area contributed by atoms with Crippen molar-refractivity contribution < 1.29 is 0 Å². The number of hydrogen-bond donors (Lipinski definition) is 2.